The van der Waals surface area contributed by atoms with Crippen molar-refractivity contribution in [2.45, 2.75) is 52.0 Å². The summed E-state index contributed by atoms with van der Waals surface area (Å²) >= 11 is 0. The smallest absolute Gasteiger partial charge is 0.303 e. The maximum absolute atomic E-state index is 14.9. The van der Waals surface area contributed by atoms with Gasteiger partial charge in [-0.1, -0.05) is 13.0 Å². The lowest BCUT2D eigenvalue weighted by Gasteiger charge is -2.39. The number of hydrogen-bond acceptors (Lipinski definition) is 6. The first-order valence-corrected chi connectivity index (χ1v) is 12.0. The van der Waals surface area contributed by atoms with Crippen LogP contribution in [0.15, 0.2) is 35.6 Å². The molecule has 1 aromatic carbocycles. The summed E-state index contributed by atoms with van der Waals surface area (Å²) in [5.74, 6) is -2.89. The van der Waals surface area contributed by atoms with Crippen molar-refractivity contribution >= 4 is 29.8 Å². The molecule has 1 saturated heterocycles. The topological polar surface area (TPSA) is 138 Å². The molecular weight excluding hydrogens is 467 g/mol. The van der Waals surface area contributed by atoms with Crippen molar-refractivity contribution in [3.63, 3.8) is 0 Å². The van der Waals surface area contributed by atoms with Crippen LogP contribution in [0.2, 0.25) is 0 Å². The predicted molar refractivity (Wildman–Crippen MR) is 133 cm³/mol. The Morgan fingerprint density at radius 1 is 1.31 bits per heavy atom. The number of amides is 2. The molecule has 10 nitrogen and oxygen atoms in total. The fourth-order valence-corrected chi connectivity index (χ4v) is 4.67. The highest BCUT2D eigenvalue weighted by Crippen LogP contribution is 2.27. The minimum absolute atomic E-state index is 0.0435. The van der Waals surface area contributed by atoms with Gasteiger partial charge in [-0.15, -0.1) is 0 Å². The van der Waals surface area contributed by atoms with Gasteiger partial charge in [0.25, 0.3) is 5.91 Å². The normalized spacial score (nSPS) is 16.9. The highest BCUT2D eigenvalue weighted by Gasteiger charge is 2.39. The fourth-order valence-electron chi connectivity index (χ4n) is 4.67. The van der Waals surface area contributed by atoms with E-state index < -0.39 is 29.2 Å². The summed E-state index contributed by atoms with van der Waals surface area (Å²) in [6, 6.07) is 3.91. The minimum atomic E-state index is -0.959. The number of hydrogen-bond donors (Lipinski definition) is 4. The zero-order valence-corrected chi connectivity index (χ0v) is 20.8. The number of allylic oxidation sites excluding steroid dienone is 1. The number of nitrogens with zero attached hydrogens (tertiary/aromatic N) is 3. The molecule has 0 aliphatic carbocycles. The van der Waals surface area contributed by atoms with Gasteiger partial charge < -0.3 is 15.3 Å². The number of halogens is 1. The van der Waals surface area contributed by atoms with Crippen LogP contribution in [0.5, 0.6) is 0 Å². The molecule has 36 heavy (non-hydrogen) atoms. The monoisotopic (exact) mass is 500 g/mol. The number of hydrazine groups is 1. The van der Waals surface area contributed by atoms with Gasteiger partial charge in [0.1, 0.15) is 5.82 Å². The van der Waals surface area contributed by atoms with Crippen LogP contribution >= 0.6 is 0 Å². The predicted octanol–water partition coefficient (Wildman–Crippen LogP) is 2.72. The SMILES string of the molecule is CCC(C(=O)N1CCC(CC(=O)O)CC1)C(C)(C)NC(=O)c1ccc(C(=N)N2C=CC=NN2)cc1F. The molecule has 4 N–H and O–H groups in total. The molecule has 0 saturated carbocycles. The molecule has 0 radical (unpaired) electrons. The summed E-state index contributed by atoms with van der Waals surface area (Å²) in [6.45, 7) is 6.30. The van der Waals surface area contributed by atoms with Crippen molar-refractivity contribution in [2.24, 2.45) is 16.9 Å². The zero-order chi connectivity index (χ0) is 26.5. The van der Waals surface area contributed by atoms with Crippen LogP contribution in [0.4, 0.5) is 4.39 Å². The number of benzene rings is 1. The first-order valence-electron chi connectivity index (χ1n) is 12.0. The van der Waals surface area contributed by atoms with Gasteiger partial charge in [-0.3, -0.25) is 19.8 Å². The van der Waals surface area contributed by atoms with Crippen LogP contribution in [0.1, 0.15) is 62.4 Å². The third-order valence-corrected chi connectivity index (χ3v) is 6.69. The van der Waals surface area contributed by atoms with Gasteiger partial charge in [0, 0.05) is 36.8 Å². The number of carbonyl (C=O) groups is 3. The number of piperidine rings is 1. The largest absolute Gasteiger partial charge is 0.481 e. The Balaban J connectivity index is 1.66. The first-order chi connectivity index (χ1) is 17.0. The van der Waals surface area contributed by atoms with Crippen LogP contribution in [-0.4, -0.2) is 63.5 Å². The number of carbonyl (C=O) groups excluding carboxylic acids is 2. The van der Waals surface area contributed by atoms with E-state index in [1.165, 1.54) is 23.4 Å². The van der Waals surface area contributed by atoms with E-state index in [9.17, 15) is 18.8 Å². The molecule has 2 amide bonds. The minimum Gasteiger partial charge on any atom is -0.481 e. The van der Waals surface area contributed by atoms with E-state index in [0.717, 1.165) is 6.07 Å². The molecule has 3 rings (SSSR count). The van der Waals surface area contributed by atoms with E-state index in [2.05, 4.69) is 16.0 Å². The summed E-state index contributed by atoms with van der Waals surface area (Å²) in [6.07, 6.45) is 6.52. The number of rotatable bonds is 8. The van der Waals surface area contributed by atoms with Crippen molar-refractivity contribution in [3.05, 3.63) is 47.4 Å². The van der Waals surface area contributed by atoms with Gasteiger partial charge in [-0.05, 0) is 57.2 Å². The Morgan fingerprint density at radius 2 is 2.00 bits per heavy atom. The molecule has 1 aromatic rings. The van der Waals surface area contributed by atoms with Gasteiger partial charge >= 0.3 is 5.97 Å². The summed E-state index contributed by atoms with van der Waals surface area (Å²) in [5.41, 5.74) is 1.71. The lowest BCUT2D eigenvalue weighted by atomic mass is 9.82. The highest BCUT2D eigenvalue weighted by atomic mass is 19.1. The summed E-state index contributed by atoms with van der Waals surface area (Å²) in [4.78, 5) is 39.0. The highest BCUT2D eigenvalue weighted by molar-refractivity contribution is 6.00. The van der Waals surface area contributed by atoms with E-state index in [0.29, 0.717) is 32.4 Å². The lowest BCUT2D eigenvalue weighted by molar-refractivity contribution is -0.140. The molecule has 2 heterocycles. The molecule has 2 aliphatic heterocycles. The number of likely N-dealkylation sites (tertiary alicyclic amines) is 1. The summed E-state index contributed by atoms with van der Waals surface area (Å²) in [7, 11) is 0. The average Bonchev–Trinajstić information content (AvgIpc) is 2.84. The third kappa shape index (κ3) is 6.27. The molecule has 0 bridgehead atoms. The Kier molecular flexibility index (Phi) is 8.44. The van der Waals surface area contributed by atoms with Gasteiger partial charge in [0.05, 0.1) is 17.7 Å². The van der Waals surface area contributed by atoms with Crippen molar-refractivity contribution in [3.8, 4) is 0 Å². The van der Waals surface area contributed by atoms with E-state index in [1.807, 2.05) is 6.92 Å². The average molecular weight is 501 g/mol. The maximum atomic E-state index is 14.9. The second-order valence-corrected chi connectivity index (χ2v) is 9.64. The number of carboxylic acids is 1. The van der Waals surface area contributed by atoms with Crippen molar-refractivity contribution < 1.29 is 23.9 Å². The van der Waals surface area contributed by atoms with Crippen LogP contribution in [0.3, 0.4) is 0 Å². The molecule has 2 aliphatic rings. The van der Waals surface area contributed by atoms with Gasteiger partial charge in [0.15, 0.2) is 5.84 Å². The number of aliphatic carboxylic acids is 1. The molecule has 0 aromatic heterocycles. The van der Waals surface area contributed by atoms with Crippen molar-refractivity contribution in [2.75, 3.05) is 13.1 Å². The maximum Gasteiger partial charge on any atom is 0.303 e. The quantitative estimate of drug-likeness (QED) is 0.320. The molecule has 1 unspecified atom stereocenters. The number of amidine groups is 1. The van der Waals surface area contributed by atoms with E-state index in [1.54, 1.807) is 31.0 Å². The van der Waals surface area contributed by atoms with Crippen molar-refractivity contribution in [1.29, 1.82) is 5.41 Å². The van der Waals surface area contributed by atoms with E-state index in [-0.39, 0.29) is 35.2 Å². The van der Waals surface area contributed by atoms with Crippen LogP contribution < -0.4 is 10.9 Å². The molecule has 194 valence electrons. The number of carboxylic acid groups (broad SMARTS) is 1. The summed E-state index contributed by atoms with van der Waals surface area (Å²) < 4.78 is 14.9. The second-order valence-electron chi connectivity index (χ2n) is 9.64. The van der Waals surface area contributed by atoms with E-state index >= 15 is 0 Å². The Labute approximate surface area is 209 Å². The summed E-state index contributed by atoms with van der Waals surface area (Å²) in [5, 5.41) is 25.2. The Hall–Kier alpha value is -3.76. The zero-order valence-electron chi connectivity index (χ0n) is 20.8. The van der Waals surface area contributed by atoms with Crippen LogP contribution in [0.25, 0.3) is 0 Å². The number of hydrazone groups is 1. The first kappa shape index (κ1) is 26.8. The van der Waals surface area contributed by atoms with Crippen molar-refractivity contribution in [1.82, 2.24) is 20.8 Å². The number of nitrogens with one attached hydrogen (secondary N) is 3. The molecular formula is C25H33FN6O4. The Bertz CT molecular complexity index is 1080. The van der Waals surface area contributed by atoms with Crippen LogP contribution in [0, 0.1) is 23.1 Å². The second kappa shape index (κ2) is 11.3. The lowest BCUT2D eigenvalue weighted by Crippen LogP contribution is -2.55. The molecule has 11 heteroatoms. The van der Waals surface area contributed by atoms with Gasteiger partial charge in [0.2, 0.25) is 5.91 Å². The van der Waals surface area contributed by atoms with E-state index in [4.69, 9.17) is 10.5 Å². The van der Waals surface area contributed by atoms with Gasteiger partial charge in [-0.25, -0.2) is 14.9 Å². The molecule has 0 spiro atoms. The van der Waals surface area contributed by atoms with Gasteiger partial charge in [-0.2, -0.15) is 5.10 Å². The Morgan fingerprint density at radius 3 is 2.56 bits per heavy atom. The van der Waals surface area contributed by atoms with Crippen LogP contribution in [-0.2, 0) is 9.59 Å². The fraction of sp³-hybridized carbons (Fsp3) is 0.480. The molecule has 1 fully saturated rings. The third-order valence-electron chi connectivity index (χ3n) is 6.69. The standard InChI is InChI=1S/C25H33FN6O4/c1-4-19(24(36)31-12-8-16(9-13-31)14-21(33)34)25(2,3)29-23(35)18-7-6-17(15-20(18)26)22(27)32-11-5-10-28-30-32/h5-7,10-11,15-16,19,27,30H,4,8-9,12-14H2,1-3H3,(H,29,35)(H,33,34). The molecule has 1 atom stereocenters.